The molecular formula is C14H18N2O6S2. The predicted octanol–water partition coefficient (Wildman–Crippen LogP) is -1.21. The zero-order valence-corrected chi connectivity index (χ0v) is 14.4. The van der Waals surface area contributed by atoms with Crippen molar-refractivity contribution in [3.63, 3.8) is 0 Å². The summed E-state index contributed by atoms with van der Waals surface area (Å²) in [4.78, 5) is 59.8. The third kappa shape index (κ3) is 4.17. The quantitative estimate of drug-likeness (QED) is 0.419. The zero-order chi connectivity index (χ0) is 17.9. The van der Waals surface area contributed by atoms with E-state index in [0.29, 0.717) is 11.5 Å². The summed E-state index contributed by atoms with van der Waals surface area (Å²) < 4.78 is 0. The normalized spacial score (nSPS) is 25.9. The third-order valence-corrected chi connectivity index (χ3v) is 6.41. The van der Waals surface area contributed by atoms with Crippen molar-refractivity contribution in [1.29, 1.82) is 0 Å². The number of hydrogen-bond donors (Lipinski definition) is 2. The number of hydrogen-bond acceptors (Lipinski definition) is 8. The molecule has 2 aliphatic heterocycles. The van der Waals surface area contributed by atoms with E-state index in [9.17, 15) is 24.0 Å². The monoisotopic (exact) mass is 374 g/mol. The Balaban J connectivity index is 1.98. The van der Waals surface area contributed by atoms with Gasteiger partial charge in [0, 0.05) is 30.3 Å². The molecule has 0 aliphatic carbocycles. The molecule has 0 aromatic carbocycles. The summed E-state index contributed by atoms with van der Waals surface area (Å²) in [6, 6.07) is 0. The molecule has 0 radical (unpaired) electrons. The minimum Gasteiger partial charge on any atom is -0.376 e. The van der Waals surface area contributed by atoms with E-state index in [0.717, 1.165) is 16.7 Å². The molecule has 2 saturated heterocycles. The summed E-state index contributed by atoms with van der Waals surface area (Å²) in [6.45, 7) is -0.686. The molecular weight excluding hydrogens is 356 g/mol. The Morgan fingerprint density at radius 2 is 2.04 bits per heavy atom. The molecule has 3 amide bonds. The number of aliphatic hydroxyl groups excluding tert-OH is 1. The lowest BCUT2D eigenvalue weighted by Crippen LogP contribution is -2.39. The summed E-state index contributed by atoms with van der Waals surface area (Å²) in [6.07, 6.45) is 0.0287. The fraction of sp³-hybridized carbons (Fsp3) is 0.643. The molecule has 0 aromatic rings. The number of aliphatic hydroxyl groups is 1. The Labute approximate surface area is 146 Å². The second kappa shape index (κ2) is 8.13. The van der Waals surface area contributed by atoms with Crippen LogP contribution in [-0.4, -0.2) is 68.5 Å². The van der Waals surface area contributed by atoms with Crippen LogP contribution in [0.1, 0.15) is 12.8 Å². The van der Waals surface area contributed by atoms with Crippen LogP contribution in [-0.2, 0) is 24.0 Å². The Bertz CT molecular complexity index is 582. The number of nitrogens with zero attached hydrogens (tertiary/aromatic N) is 1. The minimum atomic E-state index is -1.10. The average molecular weight is 374 g/mol. The molecule has 0 bridgehead atoms. The van der Waals surface area contributed by atoms with Crippen LogP contribution in [0.3, 0.4) is 0 Å². The second-order valence-corrected chi connectivity index (χ2v) is 7.91. The van der Waals surface area contributed by atoms with Crippen molar-refractivity contribution in [3.05, 3.63) is 0 Å². The molecule has 10 heteroatoms. The third-order valence-electron chi connectivity index (χ3n) is 3.95. The van der Waals surface area contributed by atoms with Crippen LogP contribution < -0.4 is 5.73 Å². The van der Waals surface area contributed by atoms with Crippen molar-refractivity contribution in [2.75, 3.05) is 24.0 Å². The van der Waals surface area contributed by atoms with Crippen molar-refractivity contribution in [2.24, 2.45) is 17.6 Å². The fourth-order valence-electron chi connectivity index (χ4n) is 2.62. The number of amides is 3. The number of carbonyl (C=O) groups excluding carboxylic acids is 5. The number of rotatable bonds is 7. The summed E-state index contributed by atoms with van der Waals surface area (Å²) in [5.74, 6) is -3.06. The van der Waals surface area contributed by atoms with Crippen molar-refractivity contribution in [1.82, 2.24) is 4.90 Å². The van der Waals surface area contributed by atoms with E-state index in [4.69, 9.17) is 10.8 Å². The maximum Gasteiger partial charge on any atom is 0.244 e. The Morgan fingerprint density at radius 1 is 1.33 bits per heavy atom. The molecule has 2 rings (SSSR count). The van der Waals surface area contributed by atoms with E-state index in [2.05, 4.69) is 0 Å². The van der Waals surface area contributed by atoms with Crippen molar-refractivity contribution >= 4 is 52.8 Å². The number of Topliss-reactive ketones (excluding diaryl/α,β-unsaturated/α-hetero) is 2. The van der Waals surface area contributed by atoms with Gasteiger partial charge in [-0.2, -0.15) is 11.8 Å². The molecule has 0 saturated carbocycles. The standard InChI is InChI=1S/C14H18N2O6S2/c15-13(21)9(12(20)7-1-8(18)4-23-3-7)5-24-10-2-11(19)16(6-17)14(10)22/h7,9-10,17H,1-6H2,(H2,15,21). The predicted molar refractivity (Wildman–Crippen MR) is 87.9 cm³/mol. The van der Waals surface area contributed by atoms with Crippen LogP contribution in [0.15, 0.2) is 0 Å². The molecule has 3 unspecified atom stereocenters. The van der Waals surface area contributed by atoms with E-state index in [1.807, 2.05) is 0 Å². The Hall–Kier alpha value is -1.39. The van der Waals surface area contributed by atoms with Gasteiger partial charge >= 0.3 is 0 Å². The molecule has 132 valence electrons. The van der Waals surface area contributed by atoms with Gasteiger partial charge in [-0.1, -0.05) is 0 Å². The molecule has 2 aliphatic rings. The maximum absolute atomic E-state index is 12.5. The van der Waals surface area contributed by atoms with E-state index >= 15 is 0 Å². The topological polar surface area (TPSA) is 135 Å². The number of likely N-dealkylation sites (tertiary alicyclic amines) is 1. The maximum atomic E-state index is 12.5. The van der Waals surface area contributed by atoms with Crippen molar-refractivity contribution in [3.8, 4) is 0 Å². The number of primary amides is 1. The lowest BCUT2D eigenvalue weighted by atomic mass is 9.91. The van der Waals surface area contributed by atoms with Crippen molar-refractivity contribution < 1.29 is 29.1 Å². The summed E-state index contributed by atoms with van der Waals surface area (Å²) in [7, 11) is 0. The van der Waals surface area contributed by atoms with Gasteiger partial charge in [-0.15, -0.1) is 11.8 Å². The fourth-order valence-corrected chi connectivity index (χ4v) is 4.94. The number of imide groups is 1. The molecule has 0 spiro atoms. The van der Waals surface area contributed by atoms with Crippen LogP contribution in [0.25, 0.3) is 0 Å². The molecule has 2 heterocycles. The van der Waals surface area contributed by atoms with Gasteiger partial charge < -0.3 is 10.8 Å². The minimum absolute atomic E-state index is 0.0214. The SMILES string of the molecule is NC(=O)C(CSC1CC(=O)N(CO)C1=O)C(=O)C1CSCC(=O)C1. The summed E-state index contributed by atoms with van der Waals surface area (Å²) >= 11 is 2.36. The second-order valence-electron chi connectivity index (χ2n) is 5.64. The van der Waals surface area contributed by atoms with E-state index in [1.54, 1.807) is 0 Å². The van der Waals surface area contributed by atoms with Gasteiger partial charge in [0.05, 0.1) is 11.0 Å². The molecule has 8 nitrogen and oxygen atoms in total. The number of thioether (sulfide) groups is 2. The van der Waals surface area contributed by atoms with Gasteiger partial charge in [0.2, 0.25) is 17.7 Å². The van der Waals surface area contributed by atoms with Gasteiger partial charge in [0.1, 0.15) is 24.2 Å². The summed E-state index contributed by atoms with van der Waals surface area (Å²) in [5, 5.41) is 8.25. The van der Waals surface area contributed by atoms with Gasteiger partial charge in [0.15, 0.2) is 0 Å². The van der Waals surface area contributed by atoms with Crippen LogP contribution in [0.5, 0.6) is 0 Å². The average Bonchev–Trinajstić information content (AvgIpc) is 2.80. The van der Waals surface area contributed by atoms with E-state index < -0.39 is 41.5 Å². The molecule has 24 heavy (non-hydrogen) atoms. The first-order valence-electron chi connectivity index (χ1n) is 7.34. The highest BCUT2D eigenvalue weighted by atomic mass is 32.2. The van der Waals surface area contributed by atoms with Crippen LogP contribution in [0.2, 0.25) is 0 Å². The van der Waals surface area contributed by atoms with E-state index in [1.165, 1.54) is 11.8 Å². The first kappa shape index (κ1) is 18.9. The molecule has 2 fully saturated rings. The molecule has 0 aromatic heterocycles. The highest BCUT2D eigenvalue weighted by Gasteiger charge is 2.40. The van der Waals surface area contributed by atoms with Gasteiger partial charge in [0.25, 0.3) is 0 Å². The number of ketones is 2. The van der Waals surface area contributed by atoms with Crippen LogP contribution in [0.4, 0.5) is 0 Å². The van der Waals surface area contributed by atoms with Gasteiger partial charge in [-0.3, -0.25) is 28.9 Å². The smallest absolute Gasteiger partial charge is 0.244 e. The van der Waals surface area contributed by atoms with Crippen LogP contribution >= 0.6 is 23.5 Å². The lowest BCUT2D eigenvalue weighted by molar-refractivity contribution is -0.142. The Morgan fingerprint density at radius 3 is 2.58 bits per heavy atom. The number of nitrogens with two attached hydrogens (primary N) is 1. The Kier molecular flexibility index (Phi) is 6.41. The first-order chi connectivity index (χ1) is 11.3. The highest BCUT2D eigenvalue weighted by Crippen LogP contribution is 2.29. The van der Waals surface area contributed by atoms with Crippen molar-refractivity contribution in [2.45, 2.75) is 18.1 Å². The largest absolute Gasteiger partial charge is 0.376 e. The number of carbonyl (C=O) groups is 5. The van der Waals surface area contributed by atoms with Gasteiger partial charge in [-0.05, 0) is 0 Å². The molecule has 3 atom stereocenters. The first-order valence-corrected chi connectivity index (χ1v) is 9.54. The summed E-state index contributed by atoms with van der Waals surface area (Å²) in [5.41, 5.74) is 5.31. The molecule has 3 N–H and O–H groups in total. The van der Waals surface area contributed by atoms with Gasteiger partial charge in [-0.25, -0.2) is 0 Å². The van der Waals surface area contributed by atoms with Crippen LogP contribution in [0, 0.1) is 11.8 Å². The van der Waals surface area contributed by atoms with E-state index in [-0.39, 0.29) is 30.2 Å². The zero-order valence-electron chi connectivity index (χ0n) is 12.8. The lowest BCUT2D eigenvalue weighted by Gasteiger charge is -2.23. The highest BCUT2D eigenvalue weighted by molar-refractivity contribution is 8.00.